The van der Waals surface area contributed by atoms with E-state index in [1.807, 2.05) is 32.9 Å². The highest BCUT2D eigenvalue weighted by molar-refractivity contribution is 6.00. The average Bonchev–Trinajstić information content (AvgIpc) is 2.39. The Balaban J connectivity index is 2.13. The smallest absolute Gasteiger partial charge is 0.200 e. The van der Waals surface area contributed by atoms with Gasteiger partial charge in [-0.2, -0.15) is 0 Å². The third-order valence-corrected chi connectivity index (χ3v) is 3.47. The number of ketones is 1. The third-order valence-electron chi connectivity index (χ3n) is 3.47. The second-order valence-electron chi connectivity index (χ2n) is 5.40. The number of ether oxygens (including phenoxy) is 1. The van der Waals surface area contributed by atoms with Gasteiger partial charge in [-0.15, -0.1) is 0 Å². The molecule has 0 N–H and O–H groups in total. The Bertz CT molecular complexity index is 667. The first-order valence-corrected chi connectivity index (χ1v) is 6.88. The number of carbonyl (C=O) groups excluding carboxylic acids is 1. The number of Topliss-reactive ketones (excluding diaryl/α,β-unsaturated/α-hetero) is 1. The second kappa shape index (κ2) is 6.08. The van der Waals surface area contributed by atoms with E-state index < -0.39 is 0 Å². The largest absolute Gasteiger partial charge is 0.485 e. The number of benzene rings is 2. The van der Waals surface area contributed by atoms with Crippen LogP contribution in [0, 0.1) is 33.5 Å². The lowest BCUT2D eigenvalue weighted by atomic mass is 9.97. The summed E-state index contributed by atoms with van der Waals surface area (Å²) in [5.74, 6) is -0.0532. The minimum Gasteiger partial charge on any atom is -0.485 e. The van der Waals surface area contributed by atoms with Crippen molar-refractivity contribution < 1.29 is 13.9 Å². The van der Waals surface area contributed by atoms with Gasteiger partial charge in [0.05, 0.1) is 0 Å². The average molecular weight is 286 g/mol. The van der Waals surface area contributed by atoms with Gasteiger partial charge in [-0.25, -0.2) is 4.39 Å². The van der Waals surface area contributed by atoms with Crippen LogP contribution in [-0.4, -0.2) is 12.4 Å². The molecule has 21 heavy (non-hydrogen) atoms. The van der Waals surface area contributed by atoms with Gasteiger partial charge in [-0.05, 0) is 50.5 Å². The summed E-state index contributed by atoms with van der Waals surface area (Å²) in [6.45, 7) is 7.42. The standard InChI is InChI=1S/C18H19FO2/c1-11-7-13(3)18(14(4)8-11)17(20)10-21-15-6-5-12(2)16(19)9-15/h5-9H,10H2,1-4H3. The van der Waals surface area contributed by atoms with Crippen molar-refractivity contribution in [1.29, 1.82) is 0 Å². The lowest BCUT2D eigenvalue weighted by Gasteiger charge is -2.11. The van der Waals surface area contributed by atoms with Crippen molar-refractivity contribution in [2.75, 3.05) is 6.61 Å². The molecule has 0 aliphatic carbocycles. The summed E-state index contributed by atoms with van der Waals surface area (Å²) in [6.07, 6.45) is 0. The summed E-state index contributed by atoms with van der Waals surface area (Å²) in [6, 6.07) is 8.56. The fourth-order valence-corrected chi connectivity index (χ4v) is 2.50. The molecular weight excluding hydrogens is 267 g/mol. The highest BCUT2D eigenvalue weighted by Crippen LogP contribution is 2.19. The van der Waals surface area contributed by atoms with Crippen molar-refractivity contribution in [1.82, 2.24) is 0 Å². The van der Waals surface area contributed by atoms with Gasteiger partial charge in [0.15, 0.2) is 6.61 Å². The van der Waals surface area contributed by atoms with Gasteiger partial charge in [0.25, 0.3) is 0 Å². The Morgan fingerprint density at radius 3 is 2.19 bits per heavy atom. The van der Waals surface area contributed by atoms with E-state index >= 15 is 0 Å². The Labute approximate surface area is 124 Å². The SMILES string of the molecule is Cc1cc(C)c(C(=O)COc2ccc(C)c(F)c2)c(C)c1. The van der Waals surface area contributed by atoms with Gasteiger partial charge in [0.2, 0.25) is 5.78 Å². The van der Waals surface area contributed by atoms with Crippen molar-refractivity contribution in [2.45, 2.75) is 27.7 Å². The zero-order valence-electron chi connectivity index (χ0n) is 12.8. The predicted molar refractivity (Wildman–Crippen MR) is 81.6 cm³/mol. The molecule has 2 aromatic rings. The van der Waals surface area contributed by atoms with Gasteiger partial charge in [-0.3, -0.25) is 4.79 Å². The topological polar surface area (TPSA) is 26.3 Å². The fraction of sp³-hybridized carbons (Fsp3) is 0.278. The second-order valence-corrected chi connectivity index (χ2v) is 5.40. The number of carbonyl (C=O) groups is 1. The molecule has 2 aromatic carbocycles. The number of hydrogen-bond acceptors (Lipinski definition) is 2. The molecule has 2 rings (SSSR count). The van der Waals surface area contributed by atoms with Gasteiger partial charge in [0, 0.05) is 11.6 Å². The van der Waals surface area contributed by atoms with Crippen LogP contribution in [-0.2, 0) is 0 Å². The number of halogens is 1. The molecule has 0 aromatic heterocycles. The lowest BCUT2D eigenvalue weighted by molar-refractivity contribution is 0.0920. The Morgan fingerprint density at radius 2 is 1.62 bits per heavy atom. The van der Waals surface area contributed by atoms with Crippen molar-refractivity contribution in [3.05, 3.63) is 64.0 Å². The molecule has 0 bridgehead atoms. The summed E-state index contributed by atoms with van der Waals surface area (Å²) in [7, 11) is 0. The van der Waals surface area contributed by atoms with Crippen molar-refractivity contribution in [3.63, 3.8) is 0 Å². The summed E-state index contributed by atoms with van der Waals surface area (Å²) in [4.78, 5) is 12.3. The van der Waals surface area contributed by atoms with Crippen LogP contribution < -0.4 is 4.74 Å². The lowest BCUT2D eigenvalue weighted by Crippen LogP contribution is -2.14. The summed E-state index contributed by atoms with van der Waals surface area (Å²) >= 11 is 0. The molecule has 0 atom stereocenters. The van der Waals surface area contributed by atoms with E-state index in [0.29, 0.717) is 16.9 Å². The van der Waals surface area contributed by atoms with Crippen LogP contribution in [0.25, 0.3) is 0 Å². The van der Waals surface area contributed by atoms with Crippen LogP contribution in [0.2, 0.25) is 0 Å². The normalized spacial score (nSPS) is 10.5. The Kier molecular flexibility index (Phi) is 4.41. The Hall–Kier alpha value is -2.16. The van der Waals surface area contributed by atoms with Crippen LogP contribution in [0.15, 0.2) is 30.3 Å². The van der Waals surface area contributed by atoms with E-state index in [1.54, 1.807) is 19.1 Å². The molecule has 0 saturated heterocycles. The summed E-state index contributed by atoms with van der Waals surface area (Å²) < 4.78 is 18.8. The maximum absolute atomic E-state index is 13.4. The molecule has 0 saturated carbocycles. The highest BCUT2D eigenvalue weighted by atomic mass is 19.1. The molecule has 3 heteroatoms. The van der Waals surface area contributed by atoms with Gasteiger partial charge in [0.1, 0.15) is 11.6 Å². The minimum absolute atomic E-state index is 0.0900. The first-order chi connectivity index (χ1) is 9.88. The maximum atomic E-state index is 13.4. The van der Waals surface area contributed by atoms with Crippen LogP contribution in [0.4, 0.5) is 4.39 Å². The molecule has 2 nitrogen and oxygen atoms in total. The molecule has 0 amide bonds. The van der Waals surface area contributed by atoms with Gasteiger partial charge in [-0.1, -0.05) is 23.8 Å². The van der Waals surface area contributed by atoms with Gasteiger partial charge < -0.3 is 4.74 Å². The molecule has 0 heterocycles. The molecule has 0 unspecified atom stereocenters. The molecular formula is C18H19FO2. The molecule has 0 fully saturated rings. The van der Waals surface area contributed by atoms with Crippen molar-refractivity contribution in [3.8, 4) is 5.75 Å². The minimum atomic E-state index is -0.331. The number of hydrogen-bond donors (Lipinski definition) is 0. The first kappa shape index (κ1) is 15.2. The zero-order valence-corrected chi connectivity index (χ0v) is 12.8. The predicted octanol–water partition coefficient (Wildman–Crippen LogP) is 4.32. The van der Waals surface area contributed by atoms with E-state index in [2.05, 4.69) is 0 Å². The zero-order chi connectivity index (χ0) is 15.6. The van der Waals surface area contributed by atoms with Crippen LogP contribution >= 0.6 is 0 Å². The fourth-order valence-electron chi connectivity index (χ4n) is 2.50. The molecule has 0 radical (unpaired) electrons. The van der Waals surface area contributed by atoms with Crippen LogP contribution in [0.5, 0.6) is 5.75 Å². The monoisotopic (exact) mass is 286 g/mol. The van der Waals surface area contributed by atoms with Crippen LogP contribution in [0.1, 0.15) is 32.6 Å². The van der Waals surface area contributed by atoms with Crippen molar-refractivity contribution >= 4 is 5.78 Å². The molecule has 0 aliphatic rings. The number of aryl methyl sites for hydroxylation is 4. The van der Waals surface area contributed by atoms with Crippen molar-refractivity contribution in [2.24, 2.45) is 0 Å². The molecule has 110 valence electrons. The van der Waals surface area contributed by atoms with E-state index in [1.165, 1.54) is 6.07 Å². The van der Waals surface area contributed by atoms with E-state index in [-0.39, 0.29) is 18.2 Å². The van der Waals surface area contributed by atoms with E-state index in [0.717, 1.165) is 16.7 Å². The van der Waals surface area contributed by atoms with Crippen LogP contribution in [0.3, 0.4) is 0 Å². The quantitative estimate of drug-likeness (QED) is 0.782. The third kappa shape index (κ3) is 3.48. The highest BCUT2D eigenvalue weighted by Gasteiger charge is 2.13. The molecule has 0 spiro atoms. The van der Waals surface area contributed by atoms with E-state index in [4.69, 9.17) is 4.74 Å². The number of rotatable bonds is 4. The van der Waals surface area contributed by atoms with E-state index in [9.17, 15) is 9.18 Å². The molecule has 0 aliphatic heterocycles. The van der Waals surface area contributed by atoms with Gasteiger partial charge >= 0.3 is 0 Å². The Morgan fingerprint density at radius 1 is 1.00 bits per heavy atom. The summed E-state index contributed by atoms with van der Waals surface area (Å²) in [5.41, 5.74) is 4.25. The maximum Gasteiger partial charge on any atom is 0.200 e. The summed E-state index contributed by atoms with van der Waals surface area (Å²) in [5, 5.41) is 0. The first-order valence-electron chi connectivity index (χ1n) is 6.88.